The first-order chi connectivity index (χ1) is 13.9. The third-order valence-electron chi connectivity index (χ3n) is 4.40. The first-order valence-electron chi connectivity index (χ1n) is 9.06. The van der Waals surface area contributed by atoms with Gasteiger partial charge in [-0.1, -0.05) is 30.3 Å². The number of hydrogen-bond donors (Lipinski definition) is 4. The molecule has 7 nitrogen and oxygen atoms in total. The van der Waals surface area contributed by atoms with Crippen LogP contribution in [-0.2, 0) is 16.6 Å². The molecule has 30 heavy (non-hydrogen) atoms. The highest BCUT2D eigenvalue weighted by Gasteiger charge is 2.13. The highest BCUT2D eigenvalue weighted by molar-refractivity contribution is 14.0. The predicted molar refractivity (Wildman–Crippen MR) is 133 cm³/mol. The zero-order valence-corrected chi connectivity index (χ0v) is 20.6. The van der Waals surface area contributed by atoms with Crippen molar-refractivity contribution >= 4 is 61.4 Å². The summed E-state index contributed by atoms with van der Waals surface area (Å²) in [6.07, 6.45) is -0.657. The van der Waals surface area contributed by atoms with Crippen LogP contribution in [0.25, 0.3) is 10.1 Å². The van der Waals surface area contributed by atoms with Gasteiger partial charge in [-0.25, -0.2) is 13.1 Å². The number of rotatable bonds is 7. The van der Waals surface area contributed by atoms with Crippen LogP contribution in [0.4, 0.5) is 0 Å². The van der Waals surface area contributed by atoms with Crippen molar-refractivity contribution in [1.82, 2.24) is 15.4 Å². The van der Waals surface area contributed by atoms with Crippen molar-refractivity contribution < 1.29 is 13.5 Å². The zero-order valence-electron chi connectivity index (χ0n) is 16.6. The van der Waals surface area contributed by atoms with E-state index in [1.807, 2.05) is 36.4 Å². The first kappa shape index (κ1) is 24.5. The number of halogens is 1. The summed E-state index contributed by atoms with van der Waals surface area (Å²) < 4.78 is 27.3. The Kier molecular flexibility index (Phi) is 9.04. The Morgan fingerprint density at radius 3 is 2.60 bits per heavy atom. The monoisotopic (exact) mass is 560 g/mol. The molecule has 0 aliphatic rings. The molecular weight excluding hydrogens is 535 g/mol. The molecule has 0 spiro atoms. The number of aliphatic imine (C=N–C) groups is 1. The first-order valence-corrected chi connectivity index (χ1v) is 11.4. The number of fused-ring (bicyclic) bond motifs is 1. The molecule has 1 aromatic heterocycles. The molecule has 2 aromatic carbocycles. The molecule has 3 rings (SSSR count). The minimum absolute atomic E-state index is 0. The van der Waals surface area contributed by atoms with Crippen LogP contribution in [0.15, 0.2) is 64.5 Å². The van der Waals surface area contributed by atoms with E-state index in [1.165, 1.54) is 7.05 Å². The zero-order chi connectivity index (χ0) is 20.9. The van der Waals surface area contributed by atoms with Crippen LogP contribution >= 0.6 is 35.3 Å². The second-order valence-electron chi connectivity index (χ2n) is 6.36. The van der Waals surface area contributed by atoms with Gasteiger partial charge in [0.15, 0.2) is 5.96 Å². The molecular formula is C20H25IN4O3S2. The second-order valence-corrected chi connectivity index (χ2v) is 9.37. The van der Waals surface area contributed by atoms with Crippen LogP contribution in [0.3, 0.4) is 0 Å². The van der Waals surface area contributed by atoms with E-state index in [9.17, 15) is 13.5 Å². The molecule has 3 aromatic rings. The number of guanidine groups is 1. The van der Waals surface area contributed by atoms with Crippen LogP contribution in [0, 0.1) is 0 Å². The Labute approximate surface area is 197 Å². The molecule has 0 saturated heterocycles. The molecule has 0 aliphatic carbocycles. The topological polar surface area (TPSA) is 103 Å². The van der Waals surface area contributed by atoms with Gasteiger partial charge < -0.3 is 15.7 Å². The number of thiophene rings is 1. The molecule has 0 aliphatic heterocycles. The van der Waals surface area contributed by atoms with Gasteiger partial charge in [0.2, 0.25) is 10.0 Å². The fraction of sp³-hybridized carbons (Fsp3) is 0.250. The van der Waals surface area contributed by atoms with Gasteiger partial charge in [-0.3, -0.25) is 4.99 Å². The lowest BCUT2D eigenvalue weighted by molar-refractivity contribution is 0.184. The lowest BCUT2D eigenvalue weighted by Crippen LogP contribution is -2.38. The molecule has 0 fully saturated rings. The summed E-state index contributed by atoms with van der Waals surface area (Å²) in [7, 11) is -0.459. The minimum atomic E-state index is -3.48. The van der Waals surface area contributed by atoms with E-state index in [-0.39, 0.29) is 28.9 Å². The van der Waals surface area contributed by atoms with Crippen LogP contribution in [0.1, 0.15) is 16.5 Å². The highest BCUT2D eigenvalue weighted by atomic mass is 127. The molecule has 10 heteroatoms. The lowest BCUT2D eigenvalue weighted by atomic mass is 10.2. The summed E-state index contributed by atoms with van der Waals surface area (Å²) >= 11 is 1.57. The van der Waals surface area contributed by atoms with Gasteiger partial charge >= 0.3 is 0 Å². The highest BCUT2D eigenvalue weighted by Crippen LogP contribution is 2.29. The normalized spacial score (nSPS) is 13.0. The average Bonchev–Trinajstić information content (AvgIpc) is 3.18. The van der Waals surface area contributed by atoms with Gasteiger partial charge in [0.25, 0.3) is 0 Å². The Morgan fingerprint density at radius 2 is 1.90 bits per heavy atom. The van der Waals surface area contributed by atoms with Gasteiger partial charge in [-0.2, -0.15) is 0 Å². The van der Waals surface area contributed by atoms with Crippen molar-refractivity contribution in [2.24, 2.45) is 4.99 Å². The number of aliphatic hydroxyl groups excluding tert-OH is 1. The number of nitrogens with zero attached hydrogens (tertiary/aromatic N) is 1. The van der Waals surface area contributed by atoms with E-state index < -0.39 is 16.1 Å². The number of aliphatic hydroxyl groups is 1. The summed E-state index contributed by atoms with van der Waals surface area (Å²) in [5.41, 5.74) is 0.800. The molecule has 0 saturated carbocycles. The quantitative estimate of drug-likeness (QED) is 0.202. The number of sulfonamides is 1. The van der Waals surface area contributed by atoms with Crippen LogP contribution in [-0.4, -0.2) is 40.1 Å². The third kappa shape index (κ3) is 6.14. The SMILES string of the molecule is CN=C(NCc1cccc(S(=O)(=O)NC)c1)NCC(O)c1cc2ccccc2s1.I. The van der Waals surface area contributed by atoms with E-state index in [1.54, 1.807) is 36.6 Å². The third-order valence-corrected chi connectivity index (χ3v) is 7.03. The van der Waals surface area contributed by atoms with Crippen molar-refractivity contribution in [3.63, 3.8) is 0 Å². The standard InChI is InChI=1S/C20H24N4O3S2.HI/c1-21-20(23-12-14-6-5-8-16(10-14)29(26,27)22-2)24-13-17(25)19-11-15-7-3-4-9-18(15)28-19;/h3-11,17,22,25H,12-13H2,1-2H3,(H2,21,23,24);1H. The minimum Gasteiger partial charge on any atom is -0.386 e. The molecule has 4 N–H and O–H groups in total. The Morgan fingerprint density at radius 1 is 1.13 bits per heavy atom. The lowest BCUT2D eigenvalue weighted by Gasteiger charge is -2.15. The maximum atomic E-state index is 11.9. The molecule has 1 unspecified atom stereocenters. The molecule has 0 amide bonds. The van der Waals surface area contributed by atoms with Gasteiger partial charge in [0.1, 0.15) is 6.10 Å². The summed E-state index contributed by atoms with van der Waals surface area (Å²) in [5, 5.41) is 17.8. The molecule has 0 bridgehead atoms. The van der Waals surface area contributed by atoms with Crippen LogP contribution in [0.5, 0.6) is 0 Å². The summed E-state index contributed by atoms with van der Waals surface area (Å²) in [4.78, 5) is 5.25. The Hall–Kier alpha value is -1.73. The van der Waals surface area contributed by atoms with Gasteiger partial charge in [-0.15, -0.1) is 35.3 Å². The van der Waals surface area contributed by atoms with E-state index in [0.29, 0.717) is 19.0 Å². The second kappa shape index (κ2) is 11.0. The smallest absolute Gasteiger partial charge is 0.240 e. The van der Waals surface area contributed by atoms with E-state index >= 15 is 0 Å². The van der Waals surface area contributed by atoms with E-state index in [2.05, 4.69) is 20.3 Å². The van der Waals surface area contributed by atoms with Crippen molar-refractivity contribution in [3.05, 3.63) is 65.0 Å². The fourth-order valence-electron chi connectivity index (χ4n) is 2.81. The predicted octanol–water partition coefficient (Wildman–Crippen LogP) is 2.83. The van der Waals surface area contributed by atoms with E-state index in [4.69, 9.17) is 0 Å². The fourth-order valence-corrected chi connectivity index (χ4v) is 4.66. The summed E-state index contributed by atoms with van der Waals surface area (Å²) in [5.74, 6) is 0.520. The van der Waals surface area contributed by atoms with Crippen molar-refractivity contribution in [1.29, 1.82) is 0 Å². The van der Waals surface area contributed by atoms with Crippen molar-refractivity contribution in [2.75, 3.05) is 20.6 Å². The van der Waals surface area contributed by atoms with Crippen molar-refractivity contribution in [3.8, 4) is 0 Å². The number of benzene rings is 2. The molecule has 0 radical (unpaired) electrons. The summed E-state index contributed by atoms with van der Waals surface area (Å²) in [6, 6.07) is 16.7. The summed E-state index contributed by atoms with van der Waals surface area (Å²) in [6.45, 7) is 0.701. The Bertz CT molecular complexity index is 1080. The van der Waals surface area contributed by atoms with Crippen LogP contribution < -0.4 is 15.4 Å². The Balaban J connectivity index is 0.00000320. The molecule has 1 atom stereocenters. The van der Waals surface area contributed by atoms with Gasteiger partial charge in [0.05, 0.1) is 4.90 Å². The number of nitrogens with one attached hydrogen (secondary N) is 3. The maximum absolute atomic E-state index is 11.9. The molecule has 1 heterocycles. The number of hydrogen-bond acceptors (Lipinski definition) is 5. The van der Waals surface area contributed by atoms with Crippen molar-refractivity contribution in [2.45, 2.75) is 17.5 Å². The largest absolute Gasteiger partial charge is 0.386 e. The average molecular weight is 560 g/mol. The molecule has 162 valence electrons. The van der Waals surface area contributed by atoms with Crippen LogP contribution in [0.2, 0.25) is 0 Å². The van der Waals surface area contributed by atoms with Gasteiger partial charge in [0, 0.05) is 29.7 Å². The van der Waals surface area contributed by atoms with Gasteiger partial charge in [-0.05, 0) is 42.3 Å². The van der Waals surface area contributed by atoms with E-state index in [0.717, 1.165) is 20.5 Å². The maximum Gasteiger partial charge on any atom is 0.240 e.